The predicted molar refractivity (Wildman–Crippen MR) is 88.8 cm³/mol. The van der Waals surface area contributed by atoms with Crippen LogP contribution in [0.15, 0.2) is 18.2 Å². The first-order valence-corrected chi connectivity index (χ1v) is 8.00. The third kappa shape index (κ3) is 2.88. The fourth-order valence-corrected chi connectivity index (χ4v) is 3.50. The first-order chi connectivity index (χ1) is 10.6. The van der Waals surface area contributed by atoms with E-state index in [4.69, 9.17) is 4.74 Å². The molecule has 1 aliphatic heterocycles. The van der Waals surface area contributed by atoms with Gasteiger partial charge in [-0.1, -0.05) is 6.92 Å². The summed E-state index contributed by atoms with van der Waals surface area (Å²) in [6, 6.07) is 5.84. The highest BCUT2D eigenvalue weighted by Crippen LogP contribution is 2.27. The van der Waals surface area contributed by atoms with Gasteiger partial charge in [-0.15, -0.1) is 0 Å². The van der Waals surface area contributed by atoms with Crippen molar-refractivity contribution in [3.8, 4) is 5.75 Å². The van der Waals surface area contributed by atoms with Gasteiger partial charge < -0.3 is 9.72 Å². The maximum absolute atomic E-state index is 12.8. The van der Waals surface area contributed by atoms with Gasteiger partial charge in [0.25, 0.3) is 0 Å². The zero-order valence-electron chi connectivity index (χ0n) is 13.6. The quantitative estimate of drug-likeness (QED) is 0.880. The molecule has 1 aromatic carbocycles. The number of aryl methyl sites for hydroxylation is 1. The first kappa shape index (κ1) is 15.1. The number of nitrogens with zero attached hydrogens (tertiary/aromatic N) is 1. The highest BCUT2D eigenvalue weighted by Gasteiger charge is 2.22. The van der Waals surface area contributed by atoms with Gasteiger partial charge in [0.05, 0.1) is 13.7 Å². The van der Waals surface area contributed by atoms with E-state index in [9.17, 15) is 4.79 Å². The minimum Gasteiger partial charge on any atom is -0.497 e. The van der Waals surface area contributed by atoms with E-state index in [1.54, 1.807) is 7.11 Å². The van der Waals surface area contributed by atoms with Gasteiger partial charge in [-0.25, -0.2) is 0 Å². The lowest BCUT2D eigenvalue weighted by molar-refractivity contribution is 0.0894. The van der Waals surface area contributed by atoms with E-state index < -0.39 is 0 Å². The predicted octanol–water partition coefficient (Wildman–Crippen LogP) is 3.40. The first-order valence-electron chi connectivity index (χ1n) is 8.00. The number of nitrogens with one attached hydrogen (secondary N) is 1. The lowest BCUT2D eigenvalue weighted by Gasteiger charge is -2.30. The number of Topliss-reactive ketones (excluding diaryl/α,β-unsaturated/α-hetero) is 1. The number of rotatable bonds is 4. The Balaban J connectivity index is 1.88. The largest absolute Gasteiger partial charge is 0.497 e. The minimum atomic E-state index is 0.200. The lowest BCUT2D eigenvalue weighted by atomic mass is 9.99. The standard InChI is InChI=1S/C18H24N2O2/c1-12-5-4-8-20(10-12)11-17(21)18-13(2)19-16-7-6-14(22-3)9-15(16)18/h6-7,9,12,19H,4-5,8,10-11H2,1-3H3. The van der Waals surface area contributed by atoms with Crippen molar-refractivity contribution in [3.05, 3.63) is 29.5 Å². The second-order valence-electron chi connectivity index (χ2n) is 6.44. The van der Waals surface area contributed by atoms with Crippen LogP contribution in [0.1, 0.15) is 35.8 Å². The molecule has 0 amide bonds. The summed E-state index contributed by atoms with van der Waals surface area (Å²) >= 11 is 0. The molecule has 4 nitrogen and oxygen atoms in total. The number of aromatic nitrogens is 1. The molecule has 1 N–H and O–H groups in total. The van der Waals surface area contributed by atoms with Crippen molar-refractivity contribution in [2.75, 3.05) is 26.7 Å². The Morgan fingerprint density at radius 1 is 1.45 bits per heavy atom. The van der Waals surface area contributed by atoms with E-state index >= 15 is 0 Å². The molecule has 1 saturated heterocycles. The number of ether oxygens (including phenoxy) is 1. The Morgan fingerprint density at radius 3 is 3.00 bits per heavy atom. The van der Waals surface area contributed by atoms with Crippen LogP contribution in [-0.4, -0.2) is 42.4 Å². The highest BCUT2D eigenvalue weighted by molar-refractivity contribution is 6.10. The average Bonchev–Trinajstić information content (AvgIpc) is 2.82. The number of likely N-dealkylation sites (tertiary alicyclic amines) is 1. The molecule has 0 saturated carbocycles. The molecule has 0 bridgehead atoms. The second-order valence-corrected chi connectivity index (χ2v) is 6.44. The number of carbonyl (C=O) groups is 1. The molecule has 0 spiro atoms. The normalized spacial score (nSPS) is 19.5. The third-order valence-corrected chi connectivity index (χ3v) is 4.58. The number of methoxy groups -OCH3 is 1. The van der Waals surface area contributed by atoms with Gasteiger partial charge in [-0.2, -0.15) is 0 Å². The topological polar surface area (TPSA) is 45.3 Å². The SMILES string of the molecule is COc1ccc2[nH]c(C)c(C(=O)CN3CCCC(C)C3)c2c1. The van der Waals surface area contributed by atoms with Gasteiger partial charge in [0.2, 0.25) is 0 Å². The van der Waals surface area contributed by atoms with E-state index in [1.807, 2.05) is 25.1 Å². The molecule has 3 rings (SSSR count). The minimum absolute atomic E-state index is 0.200. The molecule has 1 aliphatic rings. The van der Waals surface area contributed by atoms with Crippen molar-refractivity contribution in [2.45, 2.75) is 26.7 Å². The van der Waals surface area contributed by atoms with Crippen molar-refractivity contribution in [2.24, 2.45) is 5.92 Å². The second kappa shape index (κ2) is 6.13. The number of carbonyl (C=O) groups excluding carboxylic acids is 1. The van der Waals surface area contributed by atoms with E-state index in [1.165, 1.54) is 12.8 Å². The van der Waals surface area contributed by atoms with Crippen molar-refractivity contribution in [3.63, 3.8) is 0 Å². The fourth-order valence-electron chi connectivity index (χ4n) is 3.50. The number of piperidine rings is 1. The molecule has 2 heterocycles. The number of ketones is 1. The zero-order chi connectivity index (χ0) is 15.7. The average molecular weight is 300 g/mol. The Morgan fingerprint density at radius 2 is 2.27 bits per heavy atom. The number of hydrogen-bond acceptors (Lipinski definition) is 3. The molecule has 0 aliphatic carbocycles. The maximum atomic E-state index is 12.8. The molecule has 22 heavy (non-hydrogen) atoms. The van der Waals surface area contributed by atoms with Crippen molar-refractivity contribution < 1.29 is 9.53 Å². The van der Waals surface area contributed by atoms with Crippen molar-refractivity contribution in [1.29, 1.82) is 0 Å². The third-order valence-electron chi connectivity index (χ3n) is 4.58. The van der Waals surface area contributed by atoms with Crippen LogP contribution in [0.25, 0.3) is 10.9 Å². The Bertz CT molecular complexity index is 690. The Kier molecular flexibility index (Phi) is 4.21. The van der Waals surface area contributed by atoms with E-state index in [-0.39, 0.29) is 5.78 Å². The maximum Gasteiger partial charge on any atom is 0.179 e. The molecule has 1 unspecified atom stereocenters. The van der Waals surface area contributed by atoms with Crippen LogP contribution in [0.4, 0.5) is 0 Å². The van der Waals surface area contributed by atoms with E-state index in [0.717, 1.165) is 41.0 Å². The van der Waals surface area contributed by atoms with Gasteiger partial charge in [-0.05, 0) is 50.4 Å². The smallest absolute Gasteiger partial charge is 0.179 e. The Hall–Kier alpha value is -1.81. The summed E-state index contributed by atoms with van der Waals surface area (Å²) < 4.78 is 5.29. The number of benzene rings is 1. The van der Waals surface area contributed by atoms with Gasteiger partial charge in [0.1, 0.15) is 5.75 Å². The summed E-state index contributed by atoms with van der Waals surface area (Å²) in [7, 11) is 1.65. The van der Waals surface area contributed by atoms with Crippen LogP contribution in [-0.2, 0) is 0 Å². The van der Waals surface area contributed by atoms with Crippen LogP contribution in [0.5, 0.6) is 5.75 Å². The summed E-state index contributed by atoms with van der Waals surface area (Å²) in [5.74, 6) is 1.67. The highest BCUT2D eigenvalue weighted by atomic mass is 16.5. The monoisotopic (exact) mass is 300 g/mol. The molecule has 0 radical (unpaired) electrons. The number of fused-ring (bicyclic) bond motifs is 1. The van der Waals surface area contributed by atoms with Crippen LogP contribution < -0.4 is 4.74 Å². The number of H-pyrrole nitrogens is 1. The number of aromatic amines is 1. The van der Waals surface area contributed by atoms with E-state index in [0.29, 0.717) is 12.5 Å². The Labute approximate surface area is 131 Å². The van der Waals surface area contributed by atoms with Gasteiger partial charge in [0, 0.05) is 28.7 Å². The fraction of sp³-hybridized carbons (Fsp3) is 0.500. The van der Waals surface area contributed by atoms with Crippen LogP contribution >= 0.6 is 0 Å². The summed E-state index contributed by atoms with van der Waals surface area (Å²) in [6.45, 7) is 6.80. The van der Waals surface area contributed by atoms with Crippen molar-refractivity contribution >= 4 is 16.7 Å². The van der Waals surface area contributed by atoms with Crippen LogP contribution in [0.2, 0.25) is 0 Å². The molecule has 1 atom stereocenters. The van der Waals surface area contributed by atoms with E-state index in [2.05, 4.69) is 16.8 Å². The van der Waals surface area contributed by atoms with Gasteiger partial charge in [0.15, 0.2) is 5.78 Å². The van der Waals surface area contributed by atoms with Crippen molar-refractivity contribution in [1.82, 2.24) is 9.88 Å². The summed E-state index contributed by atoms with van der Waals surface area (Å²) in [5, 5.41) is 0.965. The molecular formula is C18H24N2O2. The lowest BCUT2D eigenvalue weighted by Crippen LogP contribution is -2.38. The van der Waals surface area contributed by atoms with Crippen LogP contribution in [0.3, 0.4) is 0 Å². The summed E-state index contributed by atoms with van der Waals surface area (Å²) in [5.41, 5.74) is 2.75. The summed E-state index contributed by atoms with van der Waals surface area (Å²) in [4.78, 5) is 18.4. The molecule has 2 aromatic rings. The van der Waals surface area contributed by atoms with Crippen LogP contribution in [0, 0.1) is 12.8 Å². The van der Waals surface area contributed by atoms with Gasteiger partial charge in [-0.3, -0.25) is 9.69 Å². The van der Waals surface area contributed by atoms with Gasteiger partial charge >= 0.3 is 0 Å². The zero-order valence-corrected chi connectivity index (χ0v) is 13.6. The molecular weight excluding hydrogens is 276 g/mol. The summed E-state index contributed by atoms with van der Waals surface area (Å²) in [6.07, 6.45) is 2.46. The molecule has 1 fully saturated rings. The molecule has 1 aromatic heterocycles. The number of hydrogen-bond donors (Lipinski definition) is 1. The molecule has 4 heteroatoms. The molecule has 118 valence electrons.